The van der Waals surface area contributed by atoms with Gasteiger partial charge in [0.15, 0.2) is 0 Å². The highest BCUT2D eigenvalue weighted by atomic mass is 16.6. The quantitative estimate of drug-likeness (QED) is 0.641. The van der Waals surface area contributed by atoms with Crippen LogP contribution in [0.3, 0.4) is 0 Å². The zero-order chi connectivity index (χ0) is 13.1. The molecule has 96 valence electrons. The maximum Gasteiger partial charge on any atom is 0.333 e. The SMILES string of the molecule is CCn1nc(C)c([N+](=O)[O-])c1NCc1ccon1. The van der Waals surface area contributed by atoms with E-state index in [-0.39, 0.29) is 5.69 Å². The molecule has 0 amide bonds. The summed E-state index contributed by atoms with van der Waals surface area (Å²) < 4.78 is 6.26. The molecular weight excluding hydrogens is 238 g/mol. The van der Waals surface area contributed by atoms with Crippen LogP contribution in [0, 0.1) is 17.0 Å². The largest absolute Gasteiger partial charge is 0.364 e. The van der Waals surface area contributed by atoms with Crippen molar-refractivity contribution < 1.29 is 9.45 Å². The van der Waals surface area contributed by atoms with E-state index in [1.165, 1.54) is 6.26 Å². The number of hydrogen-bond acceptors (Lipinski definition) is 6. The predicted octanol–water partition coefficient (Wildman–Crippen LogP) is 1.72. The van der Waals surface area contributed by atoms with Gasteiger partial charge in [-0.25, -0.2) is 4.68 Å². The fraction of sp³-hybridized carbons (Fsp3) is 0.400. The van der Waals surface area contributed by atoms with E-state index in [9.17, 15) is 10.1 Å². The Morgan fingerprint density at radius 1 is 1.61 bits per heavy atom. The lowest BCUT2D eigenvalue weighted by atomic mass is 10.3. The molecule has 0 fully saturated rings. The lowest BCUT2D eigenvalue weighted by molar-refractivity contribution is -0.384. The van der Waals surface area contributed by atoms with Crippen LogP contribution in [0.15, 0.2) is 16.9 Å². The third-order valence-corrected chi connectivity index (χ3v) is 2.51. The van der Waals surface area contributed by atoms with Crippen LogP contribution in [0.1, 0.15) is 18.3 Å². The summed E-state index contributed by atoms with van der Waals surface area (Å²) in [6.45, 7) is 4.39. The molecule has 0 aliphatic rings. The molecule has 2 rings (SSSR count). The molecule has 0 aliphatic carbocycles. The summed E-state index contributed by atoms with van der Waals surface area (Å²) in [5.74, 6) is 0.392. The van der Waals surface area contributed by atoms with Gasteiger partial charge in [-0.05, 0) is 13.8 Å². The first-order chi connectivity index (χ1) is 8.63. The van der Waals surface area contributed by atoms with Crippen LogP contribution in [0.5, 0.6) is 0 Å². The topological polar surface area (TPSA) is 99.0 Å². The monoisotopic (exact) mass is 251 g/mol. The highest BCUT2D eigenvalue weighted by Gasteiger charge is 2.24. The molecule has 0 unspecified atom stereocenters. The molecule has 18 heavy (non-hydrogen) atoms. The van der Waals surface area contributed by atoms with Gasteiger partial charge >= 0.3 is 5.69 Å². The minimum atomic E-state index is -0.431. The number of nitrogens with one attached hydrogen (secondary N) is 1. The second-order valence-electron chi connectivity index (χ2n) is 3.70. The maximum atomic E-state index is 11.0. The standard InChI is InChI=1S/C10H13N5O3/c1-3-14-10(9(15(16)17)7(2)12-14)11-6-8-4-5-18-13-8/h4-5,11H,3,6H2,1-2H3. The molecular formula is C10H13N5O3. The van der Waals surface area contributed by atoms with Crippen LogP contribution >= 0.6 is 0 Å². The number of anilines is 1. The van der Waals surface area contributed by atoms with Crippen molar-refractivity contribution in [3.05, 3.63) is 33.8 Å². The second kappa shape index (κ2) is 4.86. The Labute approximate surface area is 103 Å². The number of rotatable bonds is 5. The average molecular weight is 251 g/mol. The second-order valence-corrected chi connectivity index (χ2v) is 3.70. The number of hydrogen-bond donors (Lipinski definition) is 1. The van der Waals surface area contributed by atoms with E-state index in [0.29, 0.717) is 30.3 Å². The summed E-state index contributed by atoms with van der Waals surface area (Å²) in [4.78, 5) is 10.6. The molecule has 1 N–H and O–H groups in total. The first kappa shape index (κ1) is 12.1. The fourth-order valence-electron chi connectivity index (χ4n) is 1.70. The smallest absolute Gasteiger partial charge is 0.333 e. The molecule has 2 aromatic rings. The van der Waals surface area contributed by atoms with E-state index in [1.54, 1.807) is 17.7 Å². The summed E-state index contributed by atoms with van der Waals surface area (Å²) in [7, 11) is 0. The molecule has 8 heteroatoms. The van der Waals surface area contributed by atoms with Crippen LogP contribution in [-0.2, 0) is 13.1 Å². The van der Waals surface area contributed by atoms with Crippen LogP contribution < -0.4 is 5.32 Å². The van der Waals surface area contributed by atoms with Crippen molar-refractivity contribution in [1.29, 1.82) is 0 Å². The normalized spacial score (nSPS) is 10.6. The van der Waals surface area contributed by atoms with Gasteiger partial charge in [-0.3, -0.25) is 10.1 Å². The Morgan fingerprint density at radius 2 is 2.39 bits per heavy atom. The van der Waals surface area contributed by atoms with Gasteiger partial charge in [0.25, 0.3) is 0 Å². The molecule has 2 aromatic heterocycles. The molecule has 0 saturated carbocycles. The highest BCUT2D eigenvalue weighted by Crippen LogP contribution is 2.28. The van der Waals surface area contributed by atoms with Crippen molar-refractivity contribution in [2.45, 2.75) is 26.9 Å². The van der Waals surface area contributed by atoms with Gasteiger partial charge in [0.2, 0.25) is 5.82 Å². The molecule has 8 nitrogen and oxygen atoms in total. The molecule has 0 spiro atoms. The third-order valence-electron chi connectivity index (χ3n) is 2.51. The zero-order valence-corrected chi connectivity index (χ0v) is 10.1. The molecule has 0 aliphatic heterocycles. The van der Waals surface area contributed by atoms with E-state index < -0.39 is 4.92 Å². The first-order valence-electron chi connectivity index (χ1n) is 5.48. The summed E-state index contributed by atoms with van der Waals surface area (Å²) in [5.41, 5.74) is 1.07. The maximum absolute atomic E-state index is 11.0. The minimum absolute atomic E-state index is 0.000319. The third kappa shape index (κ3) is 2.17. The number of aromatic nitrogens is 3. The summed E-state index contributed by atoms with van der Waals surface area (Å²) in [5, 5.41) is 21.8. The average Bonchev–Trinajstić information content (AvgIpc) is 2.92. The van der Waals surface area contributed by atoms with Crippen LogP contribution in [0.4, 0.5) is 11.5 Å². The Bertz CT molecular complexity index is 546. The Balaban J connectivity index is 2.27. The Morgan fingerprint density at radius 3 is 2.94 bits per heavy atom. The van der Waals surface area contributed by atoms with Crippen LogP contribution in [0.2, 0.25) is 0 Å². The summed E-state index contributed by atoms with van der Waals surface area (Å²) in [6, 6.07) is 1.69. The van der Waals surface area contributed by atoms with Crippen LogP contribution in [0.25, 0.3) is 0 Å². The van der Waals surface area contributed by atoms with E-state index in [1.807, 2.05) is 6.92 Å². The fourth-order valence-corrected chi connectivity index (χ4v) is 1.70. The van der Waals surface area contributed by atoms with Crippen molar-refractivity contribution in [3.63, 3.8) is 0 Å². The van der Waals surface area contributed by atoms with Gasteiger partial charge in [0.05, 0.1) is 11.5 Å². The first-order valence-corrected chi connectivity index (χ1v) is 5.48. The number of aryl methyl sites for hydroxylation is 2. The van der Waals surface area contributed by atoms with Crippen molar-refractivity contribution in [3.8, 4) is 0 Å². The molecule has 0 radical (unpaired) electrons. The molecule has 2 heterocycles. The van der Waals surface area contributed by atoms with Gasteiger partial charge < -0.3 is 9.84 Å². The van der Waals surface area contributed by atoms with E-state index >= 15 is 0 Å². The van der Waals surface area contributed by atoms with Crippen molar-refractivity contribution in [1.82, 2.24) is 14.9 Å². The number of nitrogens with zero attached hydrogens (tertiary/aromatic N) is 4. The lowest BCUT2D eigenvalue weighted by Crippen LogP contribution is -2.08. The van der Waals surface area contributed by atoms with Crippen molar-refractivity contribution in [2.75, 3.05) is 5.32 Å². The van der Waals surface area contributed by atoms with E-state index in [4.69, 9.17) is 4.52 Å². The van der Waals surface area contributed by atoms with Gasteiger partial charge in [-0.15, -0.1) is 0 Å². The Hall–Kier alpha value is -2.38. The highest BCUT2D eigenvalue weighted by molar-refractivity contribution is 5.59. The Kier molecular flexibility index (Phi) is 3.26. The molecule has 0 aromatic carbocycles. The van der Waals surface area contributed by atoms with Gasteiger partial charge in [-0.1, -0.05) is 5.16 Å². The minimum Gasteiger partial charge on any atom is -0.364 e. The predicted molar refractivity (Wildman–Crippen MR) is 63.1 cm³/mol. The zero-order valence-electron chi connectivity index (χ0n) is 10.1. The molecule has 0 atom stereocenters. The molecule has 0 saturated heterocycles. The van der Waals surface area contributed by atoms with E-state index in [2.05, 4.69) is 15.6 Å². The van der Waals surface area contributed by atoms with Crippen molar-refractivity contribution >= 4 is 11.5 Å². The van der Waals surface area contributed by atoms with Crippen molar-refractivity contribution in [2.24, 2.45) is 0 Å². The lowest BCUT2D eigenvalue weighted by Gasteiger charge is -2.05. The summed E-state index contributed by atoms with van der Waals surface area (Å²) >= 11 is 0. The van der Waals surface area contributed by atoms with E-state index in [0.717, 1.165) is 0 Å². The summed E-state index contributed by atoms with van der Waals surface area (Å²) in [6.07, 6.45) is 1.45. The van der Waals surface area contributed by atoms with Crippen LogP contribution in [-0.4, -0.2) is 19.9 Å². The van der Waals surface area contributed by atoms with Gasteiger partial charge in [0, 0.05) is 12.6 Å². The van der Waals surface area contributed by atoms with Gasteiger partial charge in [0.1, 0.15) is 17.7 Å². The molecule has 0 bridgehead atoms. The number of nitro groups is 1. The van der Waals surface area contributed by atoms with Gasteiger partial charge in [-0.2, -0.15) is 5.10 Å².